The number of amides is 1. The highest BCUT2D eigenvalue weighted by Crippen LogP contribution is 2.32. The second-order valence-corrected chi connectivity index (χ2v) is 5.23. The van der Waals surface area contributed by atoms with Crippen LogP contribution in [0.2, 0.25) is 0 Å². The third kappa shape index (κ3) is 2.54. The Labute approximate surface area is 118 Å². The van der Waals surface area contributed by atoms with Crippen molar-refractivity contribution in [1.82, 2.24) is 9.88 Å². The molecule has 1 heterocycles. The molecule has 1 aliphatic rings. The lowest BCUT2D eigenvalue weighted by molar-refractivity contribution is 0.0936. The van der Waals surface area contributed by atoms with Crippen LogP contribution in [0.3, 0.4) is 0 Å². The molecule has 1 saturated carbocycles. The molecule has 0 aliphatic heterocycles. The highest BCUT2D eigenvalue weighted by molar-refractivity contribution is 5.92. The predicted octanol–water partition coefficient (Wildman–Crippen LogP) is 2.85. The number of hydrogen-bond acceptors (Lipinski definition) is 2. The molecule has 1 fully saturated rings. The largest absolute Gasteiger partial charge is 0.508 e. The average Bonchev–Trinajstić information content (AvgIpc) is 2.85. The summed E-state index contributed by atoms with van der Waals surface area (Å²) in [6, 6.07) is 11.1. The van der Waals surface area contributed by atoms with Crippen LogP contribution in [-0.4, -0.2) is 15.6 Å². The summed E-state index contributed by atoms with van der Waals surface area (Å²) in [5.74, 6) is 0.189. The molecule has 0 radical (unpaired) electrons. The molecule has 20 heavy (non-hydrogen) atoms. The Morgan fingerprint density at radius 2 is 2.00 bits per heavy atom. The van der Waals surface area contributed by atoms with Gasteiger partial charge in [0.1, 0.15) is 11.4 Å². The SMILES string of the molecule is O=C(NCc1ccc(O)cc1)c1cccn1C1CCC1. The Kier molecular flexibility index (Phi) is 3.46. The summed E-state index contributed by atoms with van der Waals surface area (Å²) >= 11 is 0. The van der Waals surface area contributed by atoms with Crippen molar-refractivity contribution in [3.63, 3.8) is 0 Å². The molecule has 1 aromatic heterocycles. The quantitative estimate of drug-likeness (QED) is 0.897. The zero-order valence-corrected chi connectivity index (χ0v) is 11.2. The monoisotopic (exact) mass is 270 g/mol. The Morgan fingerprint density at radius 1 is 1.25 bits per heavy atom. The van der Waals surface area contributed by atoms with E-state index in [1.807, 2.05) is 18.3 Å². The van der Waals surface area contributed by atoms with E-state index in [1.165, 1.54) is 6.42 Å². The number of benzene rings is 1. The lowest BCUT2D eigenvalue weighted by Crippen LogP contribution is -2.28. The van der Waals surface area contributed by atoms with E-state index in [1.54, 1.807) is 24.3 Å². The first-order chi connectivity index (χ1) is 9.74. The fourth-order valence-corrected chi connectivity index (χ4v) is 2.46. The minimum atomic E-state index is -0.0463. The maximum absolute atomic E-state index is 12.2. The van der Waals surface area contributed by atoms with Crippen LogP contribution in [0.5, 0.6) is 5.75 Å². The maximum atomic E-state index is 12.2. The first-order valence-corrected chi connectivity index (χ1v) is 6.97. The second-order valence-electron chi connectivity index (χ2n) is 5.23. The lowest BCUT2D eigenvalue weighted by atomic mass is 9.93. The number of aromatic nitrogens is 1. The molecule has 2 N–H and O–H groups in total. The molecule has 0 bridgehead atoms. The Hall–Kier alpha value is -2.23. The van der Waals surface area contributed by atoms with E-state index in [9.17, 15) is 9.90 Å². The fourth-order valence-electron chi connectivity index (χ4n) is 2.46. The minimum absolute atomic E-state index is 0.0463. The molecule has 2 aromatic rings. The van der Waals surface area contributed by atoms with Gasteiger partial charge in [0.05, 0.1) is 0 Å². The van der Waals surface area contributed by atoms with Crippen LogP contribution in [0.4, 0.5) is 0 Å². The molecular formula is C16H18N2O2. The van der Waals surface area contributed by atoms with Crippen molar-refractivity contribution in [2.75, 3.05) is 0 Å². The van der Waals surface area contributed by atoms with Crippen molar-refractivity contribution >= 4 is 5.91 Å². The van der Waals surface area contributed by atoms with Crippen molar-refractivity contribution in [3.8, 4) is 5.75 Å². The van der Waals surface area contributed by atoms with Crippen LogP contribution in [-0.2, 0) is 6.54 Å². The van der Waals surface area contributed by atoms with Crippen molar-refractivity contribution in [1.29, 1.82) is 0 Å². The highest BCUT2D eigenvalue weighted by Gasteiger charge is 2.22. The van der Waals surface area contributed by atoms with Crippen molar-refractivity contribution in [2.45, 2.75) is 31.8 Å². The molecular weight excluding hydrogens is 252 g/mol. The van der Waals surface area contributed by atoms with Crippen molar-refractivity contribution < 1.29 is 9.90 Å². The van der Waals surface area contributed by atoms with Crippen molar-refractivity contribution in [3.05, 3.63) is 53.9 Å². The normalized spacial score (nSPS) is 14.8. The third-order valence-electron chi connectivity index (χ3n) is 3.87. The molecule has 4 heteroatoms. The first-order valence-electron chi connectivity index (χ1n) is 6.97. The van der Waals surface area contributed by atoms with Gasteiger partial charge in [-0.1, -0.05) is 12.1 Å². The summed E-state index contributed by atoms with van der Waals surface area (Å²) in [6.07, 6.45) is 5.55. The van der Waals surface area contributed by atoms with Crippen LogP contribution in [0.15, 0.2) is 42.6 Å². The van der Waals surface area contributed by atoms with Gasteiger partial charge in [0.15, 0.2) is 0 Å². The number of rotatable bonds is 4. The van der Waals surface area contributed by atoms with E-state index in [-0.39, 0.29) is 11.7 Å². The number of hydrogen-bond donors (Lipinski definition) is 2. The number of phenolic OH excluding ortho intramolecular Hbond substituents is 1. The maximum Gasteiger partial charge on any atom is 0.268 e. The molecule has 1 aromatic carbocycles. The Bertz CT molecular complexity index is 597. The van der Waals surface area contributed by atoms with Gasteiger partial charge < -0.3 is 15.0 Å². The Balaban J connectivity index is 1.64. The van der Waals surface area contributed by atoms with Crippen LogP contribution >= 0.6 is 0 Å². The number of nitrogens with one attached hydrogen (secondary N) is 1. The molecule has 0 spiro atoms. The van der Waals surface area contributed by atoms with E-state index < -0.39 is 0 Å². The van der Waals surface area contributed by atoms with E-state index in [0.717, 1.165) is 24.1 Å². The summed E-state index contributed by atoms with van der Waals surface area (Å²) in [4.78, 5) is 12.2. The Morgan fingerprint density at radius 3 is 2.65 bits per heavy atom. The summed E-state index contributed by atoms with van der Waals surface area (Å²) in [5.41, 5.74) is 1.70. The molecule has 0 atom stereocenters. The van der Waals surface area contributed by atoms with E-state index in [0.29, 0.717) is 12.6 Å². The summed E-state index contributed by atoms with van der Waals surface area (Å²) in [7, 11) is 0. The van der Waals surface area contributed by atoms with Gasteiger partial charge in [0.25, 0.3) is 5.91 Å². The van der Waals surface area contributed by atoms with Crippen LogP contribution in [0, 0.1) is 0 Å². The number of carbonyl (C=O) groups is 1. The van der Waals surface area contributed by atoms with E-state index in [4.69, 9.17) is 0 Å². The number of phenols is 1. The minimum Gasteiger partial charge on any atom is -0.508 e. The highest BCUT2D eigenvalue weighted by atomic mass is 16.3. The smallest absolute Gasteiger partial charge is 0.268 e. The van der Waals surface area contributed by atoms with Crippen LogP contribution in [0.25, 0.3) is 0 Å². The van der Waals surface area contributed by atoms with Gasteiger partial charge in [0.2, 0.25) is 0 Å². The third-order valence-corrected chi connectivity index (χ3v) is 3.87. The zero-order chi connectivity index (χ0) is 13.9. The number of carbonyl (C=O) groups excluding carboxylic acids is 1. The van der Waals surface area contributed by atoms with Gasteiger partial charge in [-0.05, 0) is 49.1 Å². The van der Waals surface area contributed by atoms with Gasteiger partial charge in [-0.25, -0.2) is 0 Å². The molecule has 3 rings (SSSR count). The predicted molar refractivity (Wildman–Crippen MR) is 76.6 cm³/mol. The van der Waals surface area contributed by atoms with Gasteiger partial charge in [-0.2, -0.15) is 0 Å². The molecule has 4 nitrogen and oxygen atoms in total. The zero-order valence-electron chi connectivity index (χ0n) is 11.2. The lowest BCUT2D eigenvalue weighted by Gasteiger charge is -2.28. The average molecular weight is 270 g/mol. The molecule has 1 aliphatic carbocycles. The van der Waals surface area contributed by atoms with E-state index in [2.05, 4.69) is 9.88 Å². The summed E-state index contributed by atoms with van der Waals surface area (Å²) in [6.45, 7) is 0.467. The van der Waals surface area contributed by atoms with Gasteiger partial charge in [-0.15, -0.1) is 0 Å². The summed E-state index contributed by atoms with van der Waals surface area (Å²) in [5, 5.41) is 12.1. The standard InChI is InChI=1S/C16H18N2O2/c19-14-8-6-12(7-9-14)11-17-16(20)15-5-2-10-18(15)13-3-1-4-13/h2,5-10,13,19H,1,3-4,11H2,(H,17,20). The number of aromatic hydroxyl groups is 1. The fraction of sp³-hybridized carbons (Fsp3) is 0.312. The van der Waals surface area contributed by atoms with Gasteiger partial charge >= 0.3 is 0 Å². The molecule has 0 unspecified atom stereocenters. The van der Waals surface area contributed by atoms with Crippen LogP contribution in [0.1, 0.15) is 41.4 Å². The number of nitrogens with zero attached hydrogens (tertiary/aromatic N) is 1. The topological polar surface area (TPSA) is 54.3 Å². The molecule has 104 valence electrons. The van der Waals surface area contributed by atoms with Crippen LogP contribution < -0.4 is 5.32 Å². The van der Waals surface area contributed by atoms with Gasteiger partial charge in [-0.3, -0.25) is 4.79 Å². The molecule has 0 saturated heterocycles. The van der Waals surface area contributed by atoms with E-state index >= 15 is 0 Å². The van der Waals surface area contributed by atoms with Crippen molar-refractivity contribution in [2.24, 2.45) is 0 Å². The molecule has 1 amide bonds. The first kappa shape index (κ1) is 12.8. The second kappa shape index (κ2) is 5.41. The van der Waals surface area contributed by atoms with Gasteiger partial charge in [0, 0.05) is 18.8 Å². The summed E-state index contributed by atoms with van der Waals surface area (Å²) < 4.78 is 2.08.